The molecule has 0 aromatic carbocycles. The molecule has 1 aliphatic rings. The normalized spacial score (nSPS) is 21.5. The minimum atomic E-state index is 0.937. The second kappa shape index (κ2) is 4.28. The maximum Gasteiger partial charge on any atom is -0.00232 e. The van der Waals surface area contributed by atoms with E-state index in [1.165, 1.54) is 22.3 Å². The van der Waals surface area contributed by atoms with E-state index in [0.29, 0.717) is 0 Å². The van der Waals surface area contributed by atoms with Crippen LogP contribution < -0.4 is 0 Å². The predicted molar refractivity (Wildman–Crippen MR) is 64.2 cm³/mol. The summed E-state index contributed by atoms with van der Waals surface area (Å²) >= 11 is 0. The minimum Gasteiger partial charge on any atom is -0.0952 e. The van der Waals surface area contributed by atoms with Gasteiger partial charge in [-0.3, -0.25) is 0 Å². The topological polar surface area (TPSA) is 0 Å². The van der Waals surface area contributed by atoms with Crippen molar-refractivity contribution in [1.82, 2.24) is 0 Å². The lowest BCUT2D eigenvalue weighted by molar-refractivity contribution is 1.10. The first kappa shape index (κ1) is 10.8. The number of allylic oxidation sites excluding steroid dienone is 8. The maximum atomic E-state index is 4.05. The molecular formula is C14H18. The summed E-state index contributed by atoms with van der Waals surface area (Å²) in [5.41, 5.74) is 6.15. The summed E-state index contributed by atoms with van der Waals surface area (Å²) in [7, 11) is 0. The molecule has 0 aromatic rings. The van der Waals surface area contributed by atoms with Crippen LogP contribution in [0.25, 0.3) is 0 Å². The first-order chi connectivity index (χ1) is 6.54. The molecule has 0 heterocycles. The van der Waals surface area contributed by atoms with E-state index in [9.17, 15) is 0 Å². The van der Waals surface area contributed by atoms with E-state index in [4.69, 9.17) is 0 Å². The zero-order valence-corrected chi connectivity index (χ0v) is 9.35. The average Bonchev–Trinajstić information content (AvgIpc) is 2.14. The molecule has 0 bridgehead atoms. The van der Waals surface area contributed by atoms with Gasteiger partial charge in [0.25, 0.3) is 0 Å². The second-order valence-electron chi connectivity index (χ2n) is 3.84. The van der Waals surface area contributed by atoms with Crippen molar-refractivity contribution in [2.24, 2.45) is 0 Å². The lowest BCUT2D eigenvalue weighted by atomic mass is 9.87. The SMILES string of the molecule is C=C1C/C(=C/C(C)=C\C)C(=C)C=C1C. The standard InChI is InChI=1S/C14H18/c1-6-10(2)7-14-9-12(4)11(3)8-13(14)5/h6-8H,4-5,9H2,1-3H3/b10-6-,14-7-. The van der Waals surface area contributed by atoms with Crippen molar-refractivity contribution in [1.29, 1.82) is 0 Å². The minimum absolute atomic E-state index is 0.937. The van der Waals surface area contributed by atoms with Crippen LogP contribution in [0.5, 0.6) is 0 Å². The van der Waals surface area contributed by atoms with Crippen LogP contribution in [0, 0.1) is 0 Å². The summed E-state index contributed by atoms with van der Waals surface area (Å²) in [6.07, 6.45) is 7.34. The number of hydrogen-bond acceptors (Lipinski definition) is 0. The molecule has 0 fully saturated rings. The maximum absolute atomic E-state index is 4.05. The van der Waals surface area contributed by atoms with E-state index in [0.717, 1.165) is 12.0 Å². The van der Waals surface area contributed by atoms with E-state index in [1.807, 2.05) is 6.92 Å². The van der Waals surface area contributed by atoms with Crippen molar-refractivity contribution in [2.45, 2.75) is 27.2 Å². The molecule has 0 radical (unpaired) electrons. The molecule has 0 unspecified atom stereocenters. The highest BCUT2D eigenvalue weighted by Gasteiger charge is 2.11. The van der Waals surface area contributed by atoms with Crippen LogP contribution in [0.15, 0.2) is 59.3 Å². The van der Waals surface area contributed by atoms with Gasteiger partial charge in [0.1, 0.15) is 0 Å². The Morgan fingerprint density at radius 1 is 1.43 bits per heavy atom. The third kappa shape index (κ3) is 2.35. The summed E-state index contributed by atoms with van der Waals surface area (Å²) < 4.78 is 0. The van der Waals surface area contributed by atoms with Gasteiger partial charge in [-0.2, -0.15) is 0 Å². The zero-order valence-electron chi connectivity index (χ0n) is 9.35. The van der Waals surface area contributed by atoms with Crippen LogP contribution in [0.1, 0.15) is 27.2 Å². The van der Waals surface area contributed by atoms with Gasteiger partial charge < -0.3 is 0 Å². The Labute approximate surface area is 87.0 Å². The lowest BCUT2D eigenvalue weighted by Crippen LogP contribution is -1.98. The molecule has 0 aromatic heterocycles. The Morgan fingerprint density at radius 2 is 2.07 bits per heavy atom. The summed E-state index contributed by atoms with van der Waals surface area (Å²) in [6, 6.07) is 0. The van der Waals surface area contributed by atoms with Crippen LogP contribution in [-0.2, 0) is 0 Å². The van der Waals surface area contributed by atoms with Crippen LogP contribution in [-0.4, -0.2) is 0 Å². The molecule has 0 saturated carbocycles. The van der Waals surface area contributed by atoms with Crippen LogP contribution >= 0.6 is 0 Å². The summed E-state index contributed by atoms with van der Waals surface area (Å²) in [5.74, 6) is 0. The van der Waals surface area contributed by atoms with Gasteiger partial charge in [-0.15, -0.1) is 0 Å². The summed E-state index contributed by atoms with van der Waals surface area (Å²) in [4.78, 5) is 0. The van der Waals surface area contributed by atoms with Gasteiger partial charge in [-0.05, 0) is 49.5 Å². The van der Waals surface area contributed by atoms with Gasteiger partial charge >= 0.3 is 0 Å². The van der Waals surface area contributed by atoms with Crippen LogP contribution in [0.3, 0.4) is 0 Å². The van der Waals surface area contributed by atoms with Gasteiger partial charge in [-0.25, -0.2) is 0 Å². The quantitative estimate of drug-likeness (QED) is 0.571. The molecule has 0 spiro atoms. The highest BCUT2D eigenvalue weighted by molar-refractivity contribution is 5.53. The first-order valence-electron chi connectivity index (χ1n) is 4.93. The van der Waals surface area contributed by atoms with E-state index in [2.05, 4.69) is 45.2 Å². The molecular weight excluding hydrogens is 168 g/mol. The fourth-order valence-corrected chi connectivity index (χ4v) is 1.44. The molecule has 0 amide bonds. The van der Waals surface area contributed by atoms with E-state index in [1.54, 1.807) is 0 Å². The van der Waals surface area contributed by atoms with Crippen molar-refractivity contribution in [3.8, 4) is 0 Å². The predicted octanol–water partition coefficient (Wildman–Crippen LogP) is 4.34. The molecule has 0 saturated heterocycles. The van der Waals surface area contributed by atoms with Crippen molar-refractivity contribution in [2.75, 3.05) is 0 Å². The molecule has 0 atom stereocenters. The zero-order chi connectivity index (χ0) is 10.7. The molecule has 0 N–H and O–H groups in total. The highest BCUT2D eigenvalue weighted by Crippen LogP contribution is 2.30. The molecule has 1 rings (SSSR count). The molecule has 0 aliphatic heterocycles. The molecule has 74 valence electrons. The van der Waals surface area contributed by atoms with Gasteiger partial charge in [0.15, 0.2) is 0 Å². The lowest BCUT2D eigenvalue weighted by Gasteiger charge is -2.18. The Hall–Kier alpha value is -1.30. The first-order valence-corrected chi connectivity index (χ1v) is 4.93. The molecule has 14 heavy (non-hydrogen) atoms. The Bertz CT molecular complexity index is 359. The second-order valence-corrected chi connectivity index (χ2v) is 3.84. The van der Waals surface area contributed by atoms with Crippen molar-refractivity contribution >= 4 is 0 Å². The van der Waals surface area contributed by atoms with Crippen LogP contribution in [0.2, 0.25) is 0 Å². The highest BCUT2D eigenvalue weighted by atomic mass is 14.2. The third-order valence-electron chi connectivity index (χ3n) is 2.62. The van der Waals surface area contributed by atoms with Gasteiger partial charge in [-0.1, -0.05) is 37.0 Å². The van der Waals surface area contributed by atoms with Gasteiger partial charge in [0, 0.05) is 0 Å². The fraction of sp³-hybridized carbons (Fsp3) is 0.286. The Morgan fingerprint density at radius 3 is 2.64 bits per heavy atom. The smallest absolute Gasteiger partial charge is 0.00232 e. The van der Waals surface area contributed by atoms with Gasteiger partial charge in [0.05, 0.1) is 0 Å². The van der Waals surface area contributed by atoms with Crippen LogP contribution in [0.4, 0.5) is 0 Å². The summed E-state index contributed by atoms with van der Waals surface area (Å²) in [5, 5.41) is 0. The third-order valence-corrected chi connectivity index (χ3v) is 2.62. The summed E-state index contributed by atoms with van der Waals surface area (Å²) in [6.45, 7) is 14.3. The average molecular weight is 186 g/mol. The van der Waals surface area contributed by atoms with E-state index < -0.39 is 0 Å². The van der Waals surface area contributed by atoms with Crippen molar-refractivity contribution < 1.29 is 0 Å². The van der Waals surface area contributed by atoms with Gasteiger partial charge in [0.2, 0.25) is 0 Å². The molecule has 1 aliphatic carbocycles. The van der Waals surface area contributed by atoms with E-state index >= 15 is 0 Å². The van der Waals surface area contributed by atoms with Crippen molar-refractivity contribution in [3.63, 3.8) is 0 Å². The molecule has 0 heteroatoms. The Balaban J connectivity index is 3.01. The number of hydrogen-bond donors (Lipinski definition) is 0. The number of rotatable bonds is 1. The molecule has 0 nitrogen and oxygen atoms in total. The van der Waals surface area contributed by atoms with E-state index in [-0.39, 0.29) is 0 Å². The van der Waals surface area contributed by atoms with Crippen molar-refractivity contribution in [3.05, 3.63) is 59.3 Å². The fourth-order valence-electron chi connectivity index (χ4n) is 1.44. The Kier molecular flexibility index (Phi) is 3.29. The monoisotopic (exact) mass is 186 g/mol. The largest absolute Gasteiger partial charge is 0.0952 e.